The van der Waals surface area contributed by atoms with Crippen molar-refractivity contribution in [2.24, 2.45) is 0 Å². The molecule has 0 radical (unpaired) electrons. The summed E-state index contributed by atoms with van der Waals surface area (Å²) in [6.45, 7) is 4.04. The topological polar surface area (TPSA) is 84.8 Å². The monoisotopic (exact) mass is 340 g/mol. The van der Waals surface area contributed by atoms with Crippen LogP contribution in [0.5, 0.6) is 0 Å². The molecule has 8 nitrogen and oxygen atoms in total. The van der Waals surface area contributed by atoms with Gasteiger partial charge < -0.3 is 38.3 Å². The second-order valence-electron chi connectivity index (χ2n) is 4.81. The maximum Gasteiger partial charge on any atom is 0.104 e. The fourth-order valence-corrected chi connectivity index (χ4v) is 1.52. The second-order valence-corrected chi connectivity index (χ2v) is 4.81. The van der Waals surface area contributed by atoms with Crippen LogP contribution in [0.2, 0.25) is 0 Å². The van der Waals surface area contributed by atoms with E-state index >= 15 is 0 Å². The Morgan fingerprint density at radius 3 is 1.48 bits per heavy atom. The summed E-state index contributed by atoms with van der Waals surface area (Å²) in [5.41, 5.74) is 0. The highest BCUT2D eigenvalue weighted by Gasteiger charge is 2.13. The first-order chi connectivity index (χ1) is 11.2. The van der Waals surface area contributed by atoms with Crippen LogP contribution in [0.25, 0.3) is 0 Å². The predicted molar refractivity (Wildman–Crippen MR) is 83.8 cm³/mol. The first-order valence-electron chi connectivity index (χ1n) is 7.74. The van der Waals surface area contributed by atoms with Crippen molar-refractivity contribution < 1.29 is 38.3 Å². The molecular formula is C15H32O8. The minimum atomic E-state index is -0.702. The fraction of sp³-hybridized carbons (Fsp3) is 1.00. The molecule has 0 aromatic carbocycles. The highest BCUT2D eigenvalue weighted by molar-refractivity contribution is 4.59. The summed E-state index contributed by atoms with van der Waals surface area (Å²) < 4.78 is 36.5. The van der Waals surface area contributed by atoms with Gasteiger partial charge in [-0.05, 0) is 0 Å². The fourth-order valence-electron chi connectivity index (χ4n) is 1.52. The number of rotatable bonds is 18. The number of hydrogen-bond acceptors (Lipinski definition) is 8. The highest BCUT2D eigenvalue weighted by Crippen LogP contribution is 1.99. The van der Waals surface area contributed by atoms with Crippen molar-refractivity contribution >= 4 is 0 Å². The van der Waals surface area contributed by atoms with E-state index in [0.717, 1.165) is 0 Å². The maximum absolute atomic E-state index is 9.80. The molecule has 23 heavy (non-hydrogen) atoms. The highest BCUT2D eigenvalue weighted by atomic mass is 16.6. The van der Waals surface area contributed by atoms with E-state index in [4.69, 9.17) is 33.2 Å². The standard InChI is InChI=1S/C15H32O8/c1-17-4-7-20-10-14(16)11-23-15(12-21-8-5-18-2)13-22-9-6-19-3/h14-16H,4-13H2,1-3H3. The van der Waals surface area contributed by atoms with Crippen LogP contribution in [-0.2, 0) is 33.2 Å². The van der Waals surface area contributed by atoms with Gasteiger partial charge in [-0.1, -0.05) is 0 Å². The lowest BCUT2D eigenvalue weighted by Crippen LogP contribution is -2.32. The van der Waals surface area contributed by atoms with Crippen LogP contribution < -0.4 is 0 Å². The summed E-state index contributed by atoms with van der Waals surface area (Å²) in [6.07, 6.45) is -0.968. The van der Waals surface area contributed by atoms with Crippen LogP contribution in [-0.4, -0.2) is 105 Å². The lowest BCUT2D eigenvalue weighted by Gasteiger charge is -2.20. The first kappa shape index (κ1) is 22.7. The van der Waals surface area contributed by atoms with Gasteiger partial charge in [0.2, 0.25) is 0 Å². The summed E-state index contributed by atoms with van der Waals surface area (Å²) in [5, 5.41) is 9.80. The number of aliphatic hydroxyl groups excluding tert-OH is 1. The van der Waals surface area contributed by atoms with E-state index in [1.807, 2.05) is 0 Å². The van der Waals surface area contributed by atoms with Gasteiger partial charge in [0.1, 0.15) is 12.2 Å². The van der Waals surface area contributed by atoms with Gasteiger partial charge >= 0.3 is 0 Å². The Hall–Kier alpha value is -0.320. The first-order valence-corrected chi connectivity index (χ1v) is 7.74. The zero-order valence-electron chi connectivity index (χ0n) is 14.5. The summed E-state index contributed by atoms with van der Waals surface area (Å²) in [7, 11) is 4.83. The van der Waals surface area contributed by atoms with Crippen molar-refractivity contribution in [1.82, 2.24) is 0 Å². The molecule has 0 spiro atoms. The number of ether oxygens (including phenoxy) is 7. The normalized spacial score (nSPS) is 12.9. The van der Waals surface area contributed by atoms with E-state index in [2.05, 4.69) is 0 Å². The molecule has 0 aliphatic heterocycles. The molecule has 0 rings (SSSR count). The molecular weight excluding hydrogens is 308 g/mol. The average molecular weight is 340 g/mol. The van der Waals surface area contributed by atoms with E-state index in [0.29, 0.717) is 52.9 Å². The molecule has 0 saturated carbocycles. The molecule has 0 bridgehead atoms. The molecule has 0 aliphatic rings. The smallest absolute Gasteiger partial charge is 0.104 e. The molecule has 1 unspecified atom stereocenters. The predicted octanol–water partition coefficient (Wildman–Crippen LogP) is -0.278. The third-order valence-corrected chi connectivity index (χ3v) is 2.74. The van der Waals surface area contributed by atoms with Crippen LogP contribution in [0.4, 0.5) is 0 Å². The van der Waals surface area contributed by atoms with Crippen molar-refractivity contribution in [3.8, 4) is 0 Å². The van der Waals surface area contributed by atoms with Crippen molar-refractivity contribution in [3.63, 3.8) is 0 Å². The molecule has 140 valence electrons. The van der Waals surface area contributed by atoms with Crippen LogP contribution in [0, 0.1) is 0 Å². The third-order valence-electron chi connectivity index (χ3n) is 2.74. The van der Waals surface area contributed by atoms with Crippen LogP contribution in [0.3, 0.4) is 0 Å². The minimum absolute atomic E-state index is 0.152. The lowest BCUT2D eigenvalue weighted by atomic mass is 10.3. The summed E-state index contributed by atoms with van der Waals surface area (Å²) in [4.78, 5) is 0. The van der Waals surface area contributed by atoms with Crippen LogP contribution in [0.1, 0.15) is 0 Å². The zero-order chi connectivity index (χ0) is 17.2. The third kappa shape index (κ3) is 16.3. The van der Waals surface area contributed by atoms with Crippen molar-refractivity contribution in [2.75, 3.05) is 87.4 Å². The summed E-state index contributed by atoms with van der Waals surface area (Å²) in [6, 6.07) is 0. The Balaban J connectivity index is 3.87. The number of aliphatic hydroxyl groups is 1. The van der Waals surface area contributed by atoms with E-state index in [-0.39, 0.29) is 19.3 Å². The molecule has 0 amide bonds. The van der Waals surface area contributed by atoms with Gasteiger partial charge in [0.05, 0.1) is 66.1 Å². The molecule has 0 aliphatic carbocycles. The Labute approximate surface area is 138 Å². The molecule has 1 atom stereocenters. The summed E-state index contributed by atoms with van der Waals surface area (Å²) in [5.74, 6) is 0. The molecule has 0 heterocycles. The van der Waals surface area contributed by atoms with Crippen LogP contribution in [0.15, 0.2) is 0 Å². The van der Waals surface area contributed by atoms with Gasteiger partial charge in [0.25, 0.3) is 0 Å². The lowest BCUT2D eigenvalue weighted by molar-refractivity contribution is -0.0991. The maximum atomic E-state index is 9.80. The zero-order valence-corrected chi connectivity index (χ0v) is 14.5. The van der Waals surface area contributed by atoms with E-state index in [9.17, 15) is 5.11 Å². The van der Waals surface area contributed by atoms with Crippen molar-refractivity contribution in [3.05, 3.63) is 0 Å². The quantitative estimate of drug-likeness (QED) is 0.341. The Bertz CT molecular complexity index is 218. The molecule has 0 saturated heterocycles. The van der Waals surface area contributed by atoms with E-state index in [1.54, 1.807) is 21.3 Å². The molecule has 1 N–H and O–H groups in total. The molecule has 8 heteroatoms. The molecule has 0 fully saturated rings. The largest absolute Gasteiger partial charge is 0.388 e. The molecule has 0 aromatic heterocycles. The van der Waals surface area contributed by atoms with Gasteiger partial charge in [0, 0.05) is 21.3 Å². The van der Waals surface area contributed by atoms with E-state index in [1.165, 1.54) is 0 Å². The number of hydrogen-bond donors (Lipinski definition) is 1. The van der Waals surface area contributed by atoms with Gasteiger partial charge in [-0.3, -0.25) is 0 Å². The molecule has 0 aromatic rings. The van der Waals surface area contributed by atoms with Gasteiger partial charge in [0.15, 0.2) is 0 Å². The van der Waals surface area contributed by atoms with Crippen LogP contribution >= 0.6 is 0 Å². The second kappa shape index (κ2) is 18.0. The van der Waals surface area contributed by atoms with Gasteiger partial charge in [-0.25, -0.2) is 0 Å². The summed E-state index contributed by atoms with van der Waals surface area (Å²) >= 11 is 0. The minimum Gasteiger partial charge on any atom is -0.388 e. The van der Waals surface area contributed by atoms with Gasteiger partial charge in [-0.15, -0.1) is 0 Å². The van der Waals surface area contributed by atoms with E-state index < -0.39 is 6.10 Å². The number of methoxy groups -OCH3 is 3. The van der Waals surface area contributed by atoms with Gasteiger partial charge in [-0.2, -0.15) is 0 Å². The Kier molecular flexibility index (Phi) is 17.8. The average Bonchev–Trinajstić information content (AvgIpc) is 2.56. The Morgan fingerprint density at radius 1 is 0.609 bits per heavy atom. The SMILES string of the molecule is COCCOCC(O)COC(COCCOC)COCCOC. The van der Waals surface area contributed by atoms with Crippen molar-refractivity contribution in [1.29, 1.82) is 0 Å². The van der Waals surface area contributed by atoms with Crippen molar-refractivity contribution in [2.45, 2.75) is 12.2 Å². The Morgan fingerprint density at radius 2 is 1.04 bits per heavy atom.